The van der Waals surface area contributed by atoms with Crippen LogP contribution in [0, 0.1) is 11.3 Å². The number of urea groups is 1. The summed E-state index contributed by atoms with van der Waals surface area (Å²) in [6.45, 7) is 1.18. The first-order valence-corrected chi connectivity index (χ1v) is 6.82. The molecule has 2 amide bonds. The maximum Gasteiger partial charge on any atom is 0.318 e. The van der Waals surface area contributed by atoms with E-state index in [-0.39, 0.29) is 12.1 Å². The Morgan fingerprint density at radius 2 is 2.21 bits per heavy atom. The van der Waals surface area contributed by atoms with E-state index in [9.17, 15) is 4.79 Å². The standard InChI is InChI=1S/C15H17N3O/c16-7-2-8-18-10-14(17-15(18)19)13-6-5-11-3-1-4-12(11)9-13/h5-6,9,14H,1-4,8,10H2,(H,17,19). The molecule has 0 bridgehead atoms. The van der Waals surface area contributed by atoms with E-state index >= 15 is 0 Å². The molecular formula is C15H17N3O. The molecule has 0 radical (unpaired) electrons. The van der Waals surface area contributed by atoms with Crippen LogP contribution in [0.4, 0.5) is 4.79 Å². The highest BCUT2D eigenvalue weighted by Crippen LogP contribution is 2.27. The average Bonchev–Trinajstić information content (AvgIpc) is 3.02. The number of carbonyl (C=O) groups is 1. The number of nitrogens with one attached hydrogen (secondary N) is 1. The maximum atomic E-state index is 11.8. The molecule has 0 saturated carbocycles. The van der Waals surface area contributed by atoms with E-state index in [1.54, 1.807) is 4.90 Å². The largest absolute Gasteiger partial charge is 0.329 e. The van der Waals surface area contributed by atoms with Crippen molar-refractivity contribution in [2.24, 2.45) is 0 Å². The minimum atomic E-state index is -0.0549. The van der Waals surface area contributed by atoms with Gasteiger partial charge in [0.1, 0.15) is 0 Å². The second kappa shape index (κ2) is 4.93. The van der Waals surface area contributed by atoms with Gasteiger partial charge in [-0.25, -0.2) is 4.79 Å². The van der Waals surface area contributed by atoms with Gasteiger partial charge in [-0.3, -0.25) is 0 Å². The van der Waals surface area contributed by atoms with Gasteiger partial charge in [0.15, 0.2) is 0 Å². The molecule has 2 aliphatic rings. The number of carbonyl (C=O) groups excluding carboxylic acids is 1. The summed E-state index contributed by atoms with van der Waals surface area (Å²) in [6, 6.07) is 8.66. The molecule has 1 aliphatic carbocycles. The van der Waals surface area contributed by atoms with Gasteiger partial charge in [0.25, 0.3) is 0 Å². The molecule has 0 aromatic heterocycles. The first-order chi connectivity index (χ1) is 9.28. The number of nitriles is 1. The summed E-state index contributed by atoms with van der Waals surface area (Å²) in [7, 11) is 0. The van der Waals surface area contributed by atoms with Gasteiger partial charge < -0.3 is 10.2 Å². The predicted molar refractivity (Wildman–Crippen MR) is 71.5 cm³/mol. The van der Waals surface area contributed by atoms with E-state index in [0.717, 1.165) is 6.42 Å². The van der Waals surface area contributed by atoms with Crippen LogP contribution >= 0.6 is 0 Å². The summed E-state index contributed by atoms with van der Waals surface area (Å²) in [4.78, 5) is 13.5. The molecule has 1 unspecified atom stereocenters. The lowest BCUT2D eigenvalue weighted by molar-refractivity contribution is 0.218. The SMILES string of the molecule is N#CCCN1CC(c2ccc3c(c2)CCC3)NC1=O. The van der Waals surface area contributed by atoms with Crippen LogP contribution in [0.5, 0.6) is 0 Å². The van der Waals surface area contributed by atoms with Crippen LogP contribution in [0.1, 0.15) is 35.6 Å². The topological polar surface area (TPSA) is 56.1 Å². The van der Waals surface area contributed by atoms with Gasteiger partial charge in [-0.05, 0) is 36.0 Å². The summed E-state index contributed by atoms with van der Waals surface area (Å²) in [5, 5.41) is 11.6. The van der Waals surface area contributed by atoms with Gasteiger partial charge in [-0.15, -0.1) is 0 Å². The molecule has 1 aliphatic heterocycles. The van der Waals surface area contributed by atoms with Crippen molar-refractivity contribution >= 4 is 6.03 Å². The highest BCUT2D eigenvalue weighted by atomic mass is 16.2. The summed E-state index contributed by atoms with van der Waals surface area (Å²) >= 11 is 0. The molecule has 1 atom stereocenters. The Hall–Kier alpha value is -2.02. The lowest BCUT2D eigenvalue weighted by Crippen LogP contribution is -2.28. The Kier molecular flexibility index (Phi) is 3.12. The molecule has 1 saturated heterocycles. The number of fused-ring (bicyclic) bond motifs is 1. The van der Waals surface area contributed by atoms with Crippen LogP contribution in [0.3, 0.4) is 0 Å². The maximum absolute atomic E-state index is 11.8. The Morgan fingerprint density at radius 3 is 3.05 bits per heavy atom. The van der Waals surface area contributed by atoms with Crippen LogP contribution < -0.4 is 5.32 Å². The highest BCUT2D eigenvalue weighted by molar-refractivity contribution is 5.77. The molecule has 1 aromatic carbocycles. The van der Waals surface area contributed by atoms with Crippen molar-refractivity contribution in [2.45, 2.75) is 31.7 Å². The molecule has 4 heteroatoms. The Labute approximate surface area is 113 Å². The third-order valence-electron chi connectivity index (χ3n) is 4.01. The number of nitrogens with zero attached hydrogens (tertiary/aromatic N) is 2. The normalized spacial score (nSPS) is 21.1. The predicted octanol–water partition coefficient (Wildman–Crippen LogP) is 2.16. The zero-order chi connectivity index (χ0) is 13.2. The van der Waals surface area contributed by atoms with Crippen molar-refractivity contribution in [2.75, 3.05) is 13.1 Å². The Bertz CT molecular complexity index is 547. The molecule has 4 nitrogen and oxygen atoms in total. The van der Waals surface area contributed by atoms with E-state index in [1.165, 1.54) is 29.5 Å². The summed E-state index contributed by atoms with van der Waals surface area (Å²) in [6.07, 6.45) is 3.97. The quantitative estimate of drug-likeness (QED) is 0.899. The van der Waals surface area contributed by atoms with Gasteiger partial charge >= 0.3 is 6.03 Å². The lowest BCUT2D eigenvalue weighted by atomic mass is 10.0. The number of hydrogen-bond donors (Lipinski definition) is 1. The summed E-state index contributed by atoms with van der Waals surface area (Å²) in [5.41, 5.74) is 4.07. The molecule has 1 aromatic rings. The van der Waals surface area contributed by atoms with Crippen molar-refractivity contribution in [1.29, 1.82) is 5.26 Å². The molecule has 19 heavy (non-hydrogen) atoms. The van der Waals surface area contributed by atoms with E-state index in [4.69, 9.17) is 5.26 Å². The van der Waals surface area contributed by atoms with Crippen LogP contribution in [0.2, 0.25) is 0 Å². The molecule has 0 spiro atoms. The van der Waals surface area contributed by atoms with E-state index < -0.39 is 0 Å². The van der Waals surface area contributed by atoms with Gasteiger partial charge in [0, 0.05) is 13.1 Å². The van der Waals surface area contributed by atoms with E-state index in [1.807, 2.05) is 0 Å². The van der Waals surface area contributed by atoms with Crippen molar-refractivity contribution in [3.05, 3.63) is 34.9 Å². The van der Waals surface area contributed by atoms with Crippen molar-refractivity contribution < 1.29 is 4.79 Å². The Morgan fingerprint density at radius 1 is 1.37 bits per heavy atom. The van der Waals surface area contributed by atoms with Crippen molar-refractivity contribution in [1.82, 2.24) is 10.2 Å². The fourth-order valence-corrected chi connectivity index (χ4v) is 2.96. The van der Waals surface area contributed by atoms with Crippen LogP contribution in [-0.2, 0) is 12.8 Å². The third-order valence-corrected chi connectivity index (χ3v) is 4.01. The average molecular weight is 255 g/mol. The first kappa shape index (κ1) is 12.0. The van der Waals surface area contributed by atoms with E-state index in [2.05, 4.69) is 29.6 Å². The smallest absolute Gasteiger partial charge is 0.318 e. The fourth-order valence-electron chi connectivity index (χ4n) is 2.96. The molecule has 98 valence electrons. The van der Waals surface area contributed by atoms with Crippen LogP contribution in [-0.4, -0.2) is 24.0 Å². The van der Waals surface area contributed by atoms with Gasteiger partial charge in [0.2, 0.25) is 0 Å². The number of hydrogen-bond acceptors (Lipinski definition) is 2. The second-order valence-corrected chi connectivity index (χ2v) is 5.24. The van der Waals surface area contributed by atoms with Gasteiger partial charge in [-0.1, -0.05) is 18.2 Å². The monoisotopic (exact) mass is 255 g/mol. The minimum Gasteiger partial charge on any atom is -0.329 e. The van der Waals surface area contributed by atoms with Gasteiger partial charge in [0.05, 0.1) is 18.5 Å². The van der Waals surface area contributed by atoms with Crippen LogP contribution in [0.15, 0.2) is 18.2 Å². The Balaban J connectivity index is 1.74. The second-order valence-electron chi connectivity index (χ2n) is 5.24. The number of benzene rings is 1. The number of amides is 2. The lowest BCUT2D eigenvalue weighted by Gasteiger charge is -2.13. The van der Waals surface area contributed by atoms with Crippen molar-refractivity contribution in [3.63, 3.8) is 0 Å². The first-order valence-electron chi connectivity index (χ1n) is 6.82. The number of rotatable bonds is 3. The summed E-state index contributed by atoms with van der Waals surface area (Å²) < 4.78 is 0. The molecule has 1 N–H and O–H groups in total. The molecular weight excluding hydrogens is 238 g/mol. The van der Waals surface area contributed by atoms with Crippen LogP contribution in [0.25, 0.3) is 0 Å². The minimum absolute atomic E-state index is 0.0549. The third kappa shape index (κ3) is 2.28. The zero-order valence-corrected chi connectivity index (χ0v) is 10.9. The van der Waals surface area contributed by atoms with Crippen molar-refractivity contribution in [3.8, 4) is 6.07 Å². The summed E-state index contributed by atoms with van der Waals surface area (Å²) in [5.74, 6) is 0. The zero-order valence-electron chi connectivity index (χ0n) is 10.9. The molecule has 3 rings (SSSR count). The van der Waals surface area contributed by atoms with E-state index in [0.29, 0.717) is 19.5 Å². The molecule has 1 fully saturated rings. The number of aryl methyl sites for hydroxylation is 2. The highest BCUT2D eigenvalue weighted by Gasteiger charge is 2.29. The molecule has 1 heterocycles. The fraction of sp³-hybridized carbons (Fsp3) is 0.467. The van der Waals surface area contributed by atoms with Gasteiger partial charge in [-0.2, -0.15) is 5.26 Å².